The van der Waals surface area contributed by atoms with Crippen LogP contribution < -0.4 is 14.8 Å². The lowest BCUT2D eigenvalue weighted by Crippen LogP contribution is -2.40. The number of amides is 2. The number of carbonyl (C=O) groups excluding carboxylic acids is 1. The number of hydrogen-bond acceptors (Lipinski definition) is 8. The molecule has 1 fully saturated rings. The third kappa shape index (κ3) is 5.45. The number of methoxy groups -OCH3 is 1. The Bertz CT molecular complexity index is 1240. The van der Waals surface area contributed by atoms with Gasteiger partial charge in [0.25, 0.3) is 0 Å². The van der Waals surface area contributed by atoms with Gasteiger partial charge in [0.1, 0.15) is 11.4 Å². The van der Waals surface area contributed by atoms with E-state index in [2.05, 4.69) is 25.2 Å². The Morgan fingerprint density at radius 3 is 2.71 bits per heavy atom. The summed E-state index contributed by atoms with van der Waals surface area (Å²) in [7, 11) is -2.01. The molecule has 0 spiro atoms. The van der Waals surface area contributed by atoms with E-state index < -0.39 is 10.0 Å². The molecule has 12 heteroatoms. The molecule has 3 aromatic rings. The molecule has 0 bridgehead atoms. The first-order chi connectivity index (χ1) is 16.4. The molecule has 1 aromatic carbocycles. The van der Waals surface area contributed by atoms with Gasteiger partial charge in [-0.3, -0.25) is 9.71 Å². The number of hydrogen-bond donors (Lipinski definition) is 2. The fourth-order valence-electron chi connectivity index (χ4n) is 3.63. The molecule has 0 aliphatic carbocycles. The Balaban J connectivity index is 1.34. The van der Waals surface area contributed by atoms with Gasteiger partial charge < -0.3 is 19.5 Å². The molecule has 0 saturated carbocycles. The van der Waals surface area contributed by atoms with Gasteiger partial charge in [0, 0.05) is 37.0 Å². The van der Waals surface area contributed by atoms with E-state index in [1.165, 1.54) is 7.11 Å². The first-order valence-corrected chi connectivity index (χ1v) is 12.5. The zero-order valence-electron chi connectivity index (χ0n) is 18.9. The minimum absolute atomic E-state index is 0.0569. The molecule has 1 aliphatic heterocycles. The monoisotopic (exact) mass is 486 g/mol. The molecule has 2 N–H and O–H groups in total. The van der Waals surface area contributed by atoms with Crippen LogP contribution in [0.5, 0.6) is 5.75 Å². The maximum atomic E-state index is 12.8. The van der Waals surface area contributed by atoms with E-state index in [1.54, 1.807) is 36.2 Å². The lowest BCUT2D eigenvalue weighted by atomic mass is 9.97. The second-order valence-corrected chi connectivity index (χ2v) is 9.79. The first-order valence-electron chi connectivity index (χ1n) is 10.9. The van der Waals surface area contributed by atoms with Crippen molar-refractivity contribution in [3.63, 3.8) is 0 Å². The molecule has 11 nitrogen and oxygen atoms in total. The average molecular weight is 487 g/mol. The van der Waals surface area contributed by atoms with E-state index in [0.717, 1.165) is 0 Å². The number of sulfonamides is 1. The Labute approximate surface area is 197 Å². The van der Waals surface area contributed by atoms with Crippen molar-refractivity contribution in [2.24, 2.45) is 0 Å². The van der Waals surface area contributed by atoms with Crippen LogP contribution in [0.1, 0.15) is 31.6 Å². The number of urea groups is 1. The highest BCUT2D eigenvalue weighted by atomic mass is 32.2. The summed E-state index contributed by atoms with van der Waals surface area (Å²) in [4.78, 5) is 23.2. The number of nitrogens with zero attached hydrogens (tertiary/aromatic N) is 4. The van der Waals surface area contributed by atoms with E-state index in [9.17, 15) is 13.2 Å². The Morgan fingerprint density at radius 2 is 2.03 bits per heavy atom. The molecular formula is C22H26N6O5S. The van der Waals surface area contributed by atoms with E-state index in [-0.39, 0.29) is 17.7 Å². The highest BCUT2D eigenvalue weighted by Crippen LogP contribution is 2.31. The topological polar surface area (TPSA) is 140 Å². The van der Waals surface area contributed by atoms with Crippen LogP contribution in [-0.2, 0) is 10.0 Å². The largest absolute Gasteiger partial charge is 0.494 e. The van der Waals surface area contributed by atoms with Crippen molar-refractivity contribution in [2.45, 2.75) is 25.7 Å². The number of aromatic nitrogens is 3. The standard InChI is InChI=1S/C22H26N6O5S/c1-3-34(30,31)27-17-8-7-16(14-19(17)32-2)24-22(29)28-12-9-15(10-13-28)21-25-20(26-33-21)18-6-4-5-11-23-18/h4-8,11,14-15,27H,3,9-10,12-13H2,1-2H3,(H,24,29). The van der Waals surface area contributed by atoms with Gasteiger partial charge in [-0.2, -0.15) is 4.98 Å². The molecule has 1 aliphatic rings. The second kappa shape index (κ2) is 10.1. The highest BCUT2D eigenvalue weighted by Gasteiger charge is 2.28. The van der Waals surface area contributed by atoms with Crippen molar-refractivity contribution >= 4 is 27.4 Å². The maximum Gasteiger partial charge on any atom is 0.321 e. The smallest absolute Gasteiger partial charge is 0.321 e. The molecule has 2 amide bonds. The summed E-state index contributed by atoms with van der Waals surface area (Å²) in [6, 6.07) is 10.0. The van der Waals surface area contributed by atoms with Gasteiger partial charge in [0.05, 0.1) is 18.6 Å². The quantitative estimate of drug-likeness (QED) is 0.518. The number of carbonyl (C=O) groups is 1. The average Bonchev–Trinajstić information content (AvgIpc) is 3.36. The van der Waals surface area contributed by atoms with Crippen molar-refractivity contribution < 1.29 is 22.5 Å². The highest BCUT2D eigenvalue weighted by molar-refractivity contribution is 7.92. The van der Waals surface area contributed by atoms with Gasteiger partial charge in [-0.05, 0) is 44.0 Å². The fraction of sp³-hybridized carbons (Fsp3) is 0.364. The van der Waals surface area contributed by atoms with Crippen LogP contribution in [-0.4, -0.2) is 60.4 Å². The second-order valence-electron chi connectivity index (χ2n) is 7.78. The van der Waals surface area contributed by atoms with Gasteiger partial charge in [0.2, 0.25) is 21.7 Å². The van der Waals surface area contributed by atoms with Gasteiger partial charge >= 0.3 is 6.03 Å². The molecule has 2 aromatic heterocycles. The van der Waals surface area contributed by atoms with Gasteiger partial charge in [0.15, 0.2) is 0 Å². The summed E-state index contributed by atoms with van der Waals surface area (Å²) >= 11 is 0. The molecule has 3 heterocycles. The van der Waals surface area contributed by atoms with Crippen LogP contribution in [0.25, 0.3) is 11.5 Å². The number of ether oxygens (including phenoxy) is 1. The number of anilines is 2. The number of benzene rings is 1. The summed E-state index contributed by atoms with van der Waals surface area (Å²) < 4.78 is 36.9. The summed E-state index contributed by atoms with van der Waals surface area (Å²) in [6.45, 7) is 2.61. The predicted molar refractivity (Wildman–Crippen MR) is 126 cm³/mol. The van der Waals surface area contributed by atoms with Crippen LogP contribution in [0.15, 0.2) is 47.1 Å². The number of likely N-dealkylation sites (tertiary alicyclic amines) is 1. The Morgan fingerprint density at radius 1 is 1.24 bits per heavy atom. The van der Waals surface area contributed by atoms with Gasteiger partial charge in [-0.1, -0.05) is 11.2 Å². The maximum absolute atomic E-state index is 12.8. The summed E-state index contributed by atoms with van der Waals surface area (Å²) in [5.41, 5.74) is 1.46. The summed E-state index contributed by atoms with van der Waals surface area (Å²) in [6.07, 6.45) is 3.06. The van der Waals surface area contributed by atoms with Gasteiger partial charge in [-0.25, -0.2) is 13.2 Å². The normalized spacial score (nSPS) is 14.6. The van der Waals surface area contributed by atoms with Crippen LogP contribution in [0, 0.1) is 0 Å². The van der Waals surface area contributed by atoms with Crippen molar-refractivity contribution in [3.05, 3.63) is 48.5 Å². The van der Waals surface area contributed by atoms with Crippen LogP contribution in [0.2, 0.25) is 0 Å². The minimum atomic E-state index is -3.45. The predicted octanol–water partition coefficient (Wildman–Crippen LogP) is 3.31. The van der Waals surface area contributed by atoms with Crippen molar-refractivity contribution in [3.8, 4) is 17.3 Å². The van der Waals surface area contributed by atoms with E-state index in [0.29, 0.717) is 60.5 Å². The SMILES string of the molecule is CCS(=O)(=O)Nc1ccc(NC(=O)N2CCC(c3nc(-c4ccccn4)no3)CC2)cc1OC. The summed E-state index contributed by atoms with van der Waals surface area (Å²) in [5, 5.41) is 6.87. The third-order valence-corrected chi connectivity index (χ3v) is 6.86. The Hall–Kier alpha value is -3.67. The van der Waals surface area contributed by atoms with Crippen molar-refractivity contribution in [2.75, 3.05) is 36.0 Å². The molecule has 180 valence electrons. The Kier molecular flexibility index (Phi) is 6.96. The zero-order valence-corrected chi connectivity index (χ0v) is 19.7. The number of nitrogens with one attached hydrogen (secondary N) is 2. The third-order valence-electron chi connectivity index (χ3n) is 5.57. The molecular weight excluding hydrogens is 460 g/mol. The number of piperidine rings is 1. The molecule has 0 unspecified atom stereocenters. The van der Waals surface area contributed by atoms with E-state index >= 15 is 0 Å². The number of pyridine rings is 1. The van der Waals surface area contributed by atoms with Crippen molar-refractivity contribution in [1.82, 2.24) is 20.0 Å². The molecule has 4 rings (SSSR count). The van der Waals surface area contributed by atoms with Crippen LogP contribution in [0.3, 0.4) is 0 Å². The van der Waals surface area contributed by atoms with E-state index in [4.69, 9.17) is 9.26 Å². The van der Waals surface area contributed by atoms with Crippen molar-refractivity contribution in [1.29, 1.82) is 0 Å². The zero-order chi connectivity index (χ0) is 24.1. The lowest BCUT2D eigenvalue weighted by molar-refractivity contribution is 0.187. The molecule has 0 radical (unpaired) electrons. The molecule has 0 atom stereocenters. The van der Waals surface area contributed by atoms with Gasteiger partial charge in [-0.15, -0.1) is 0 Å². The number of rotatable bonds is 7. The molecule has 34 heavy (non-hydrogen) atoms. The minimum Gasteiger partial charge on any atom is -0.494 e. The lowest BCUT2D eigenvalue weighted by Gasteiger charge is -2.30. The first kappa shape index (κ1) is 23.5. The van der Waals surface area contributed by atoms with E-state index in [1.807, 2.05) is 18.2 Å². The fourth-order valence-corrected chi connectivity index (χ4v) is 4.27. The summed E-state index contributed by atoms with van der Waals surface area (Å²) in [5.74, 6) is 1.33. The van der Waals surface area contributed by atoms with Crippen LogP contribution >= 0.6 is 0 Å². The van der Waals surface area contributed by atoms with Crippen LogP contribution in [0.4, 0.5) is 16.2 Å². The molecule has 1 saturated heterocycles.